The van der Waals surface area contributed by atoms with Crippen molar-refractivity contribution in [2.24, 2.45) is 0 Å². The molecule has 0 fully saturated rings. The first kappa shape index (κ1) is 20.3. The molecule has 0 aliphatic rings. The molecule has 0 saturated heterocycles. The van der Waals surface area contributed by atoms with Gasteiger partial charge in [-0.1, -0.05) is 32.1 Å². The third-order valence-electron chi connectivity index (χ3n) is 3.41. The van der Waals surface area contributed by atoms with E-state index in [0.29, 0.717) is 13.1 Å². The fourth-order valence-electron chi connectivity index (χ4n) is 2.06. The molecule has 0 aromatic heterocycles. The molecule has 21 heavy (non-hydrogen) atoms. The number of rotatable bonds is 12. The lowest BCUT2D eigenvalue weighted by Crippen LogP contribution is -2.49. The third-order valence-corrected chi connectivity index (χ3v) is 3.41. The Balaban J connectivity index is 4.31. The molecule has 6 heteroatoms. The molecule has 4 atom stereocenters. The Morgan fingerprint density at radius 3 is 2.14 bits per heavy atom. The molecule has 6 nitrogen and oxygen atoms in total. The van der Waals surface area contributed by atoms with Crippen LogP contribution in [0.1, 0.15) is 32.6 Å². The average Bonchev–Trinajstić information content (AvgIpc) is 2.49. The molecule has 0 aromatic rings. The summed E-state index contributed by atoms with van der Waals surface area (Å²) in [4.78, 5) is 1.82. The van der Waals surface area contributed by atoms with Crippen LogP contribution in [-0.2, 0) is 0 Å². The van der Waals surface area contributed by atoms with Crippen LogP contribution in [0.5, 0.6) is 0 Å². The van der Waals surface area contributed by atoms with E-state index in [1.807, 2.05) is 4.90 Å². The van der Waals surface area contributed by atoms with Crippen molar-refractivity contribution < 1.29 is 25.5 Å². The topological polar surface area (TPSA) is 104 Å². The first-order valence-electron chi connectivity index (χ1n) is 7.46. The largest absolute Gasteiger partial charge is 0.394 e. The average molecular weight is 303 g/mol. The van der Waals surface area contributed by atoms with Crippen LogP contribution in [0.4, 0.5) is 0 Å². The van der Waals surface area contributed by atoms with Crippen LogP contribution in [0.15, 0.2) is 0 Å². The lowest BCUT2D eigenvalue weighted by atomic mass is 10.0. The van der Waals surface area contributed by atoms with Crippen molar-refractivity contribution in [2.45, 2.75) is 57.0 Å². The Kier molecular flexibility index (Phi) is 11.5. The smallest absolute Gasteiger partial charge is 0.111 e. The number of hydrogen-bond acceptors (Lipinski definition) is 6. The molecular formula is C15H29NO5. The van der Waals surface area contributed by atoms with Crippen LogP contribution >= 0.6 is 0 Å². The van der Waals surface area contributed by atoms with Gasteiger partial charge in [-0.2, -0.15) is 0 Å². The van der Waals surface area contributed by atoms with Gasteiger partial charge in [0.05, 0.1) is 19.3 Å². The normalized spacial score (nSPS) is 17.2. The second-order valence-electron chi connectivity index (χ2n) is 5.30. The summed E-state index contributed by atoms with van der Waals surface area (Å²) in [5, 5.41) is 47.2. The molecule has 0 rings (SSSR count). The predicted octanol–water partition coefficient (Wildman–Crippen LogP) is -1.06. The van der Waals surface area contributed by atoms with E-state index in [4.69, 9.17) is 11.5 Å². The summed E-state index contributed by atoms with van der Waals surface area (Å²) >= 11 is 0. The van der Waals surface area contributed by atoms with E-state index in [1.54, 1.807) is 0 Å². The second-order valence-corrected chi connectivity index (χ2v) is 5.30. The molecule has 0 saturated carbocycles. The number of aliphatic hydroxyl groups excluding tert-OH is 5. The number of aliphatic hydroxyl groups is 5. The van der Waals surface area contributed by atoms with Crippen molar-refractivity contribution in [1.29, 1.82) is 0 Å². The molecule has 0 aliphatic heterocycles. The number of nitrogens with zero attached hydrogens (tertiary/aromatic N) is 1. The molecule has 0 aromatic carbocycles. The standard InChI is InChI=1S/C15H29NO5/c1-3-5-6-7-9-16(8-4-2)10-12(18)14(20)15(21)13(19)11-17/h2,12-15,17-21H,3,5-11H2,1H3/t12-,13+,14?,15+/m0/s1. The highest BCUT2D eigenvalue weighted by Gasteiger charge is 2.30. The molecule has 124 valence electrons. The SMILES string of the molecule is C#CCN(CCCCCC)C[C@H](O)C(O)[C@H](O)[C@H](O)CO. The minimum atomic E-state index is -1.60. The predicted molar refractivity (Wildman–Crippen MR) is 80.5 cm³/mol. The van der Waals surface area contributed by atoms with E-state index >= 15 is 0 Å². The second kappa shape index (κ2) is 11.9. The highest BCUT2D eigenvalue weighted by molar-refractivity contribution is 4.90. The molecule has 1 unspecified atom stereocenters. The van der Waals surface area contributed by atoms with Gasteiger partial charge in [-0.15, -0.1) is 6.42 Å². The van der Waals surface area contributed by atoms with Crippen LogP contribution in [0.3, 0.4) is 0 Å². The van der Waals surface area contributed by atoms with Gasteiger partial charge in [-0.3, -0.25) is 4.90 Å². The van der Waals surface area contributed by atoms with Crippen molar-refractivity contribution in [3.63, 3.8) is 0 Å². The Labute approximate surface area is 127 Å². The first-order chi connectivity index (χ1) is 9.97. The summed E-state index contributed by atoms with van der Waals surface area (Å²) in [6.45, 7) is 2.58. The van der Waals surface area contributed by atoms with Crippen molar-refractivity contribution in [2.75, 3.05) is 26.2 Å². The number of unbranched alkanes of at least 4 members (excludes halogenated alkanes) is 3. The van der Waals surface area contributed by atoms with Crippen LogP contribution in [0.25, 0.3) is 0 Å². The van der Waals surface area contributed by atoms with E-state index in [9.17, 15) is 20.4 Å². The van der Waals surface area contributed by atoms with Crippen LogP contribution < -0.4 is 0 Å². The van der Waals surface area contributed by atoms with E-state index in [1.165, 1.54) is 0 Å². The van der Waals surface area contributed by atoms with Gasteiger partial charge >= 0.3 is 0 Å². The summed E-state index contributed by atoms with van der Waals surface area (Å²) in [5.41, 5.74) is 0. The number of hydrogen-bond donors (Lipinski definition) is 5. The van der Waals surface area contributed by atoms with E-state index in [-0.39, 0.29) is 6.54 Å². The van der Waals surface area contributed by atoms with Crippen LogP contribution in [-0.4, -0.2) is 81.1 Å². The van der Waals surface area contributed by atoms with E-state index in [2.05, 4.69) is 12.8 Å². The maximum Gasteiger partial charge on any atom is 0.111 e. The summed E-state index contributed by atoms with van der Waals surface area (Å²) in [6.07, 6.45) is 3.69. The molecule has 0 radical (unpaired) electrons. The maximum absolute atomic E-state index is 9.92. The summed E-state index contributed by atoms with van der Waals surface area (Å²) in [7, 11) is 0. The van der Waals surface area contributed by atoms with Crippen molar-refractivity contribution >= 4 is 0 Å². The lowest BCUT2D eigenvalue weighted by Gasteiger charge is -2.29. The fraction of sp³-hybridized carbons (Fsp3) is 0.867. The van der Waals surface area contributed by atoms with Crippen LogP contribution in [0.2, 0.25) is 0 Å². The third kappa shape index (κ3) is 8.37. The van der Waals surface area contributed by atoms with Crippen LogP contribution in [0, 0.1) is 12.3 Å². The zero-order valence-corrected chi connectivity index (χ0v) is 12.7. The Hall–Kier alpha value is -0.680. The number of terminal acetylenes is 1. The van der Waals surface area contributed by atoms with Gasteiger partial charge in [0.15, 0.2) is 0 Å². The van der Waals surface area contributed by atoms with Gasteiger partial charge < -0.3 is 25.5 Å². The van der Waals surface area contributed by atoms with Gasteiger partial charge in [0.25, 0.3) is 0 Å². The summed E-state index contributed by atoms with van der Waals surface area (Å²) in [5.74, 6) is 2.50. The molecule has 0 amide bonds. The van der Waals surface area contributed by atoms with Crippen molar-refractivity contribution in [3.05, 3.63) is 0 Å². The van der Waals surface area contributed by atoms with Gasteiger partial charge in [-0.05, 0) is 13.0 Å². The van der Waals surface area contributed by atoms with Gasteiger partial charge in [0.2, 0.25) is 0 Å². The van der Waals surface area contributed by atoms with Crippen molar-refractivity contribution in [3.8, 4) is 12.3 Å². The zero-order valence-electron chi connectivity index (χ0n) is 12.7. The highest BCUT2D eigenvalue weighted by atomic mass is 16.4. The Bertz CT molecular complexity index is 294. The Morgan fingerprint density at radius 1 is 1.00 bits per heavy atom. The van der Waals surface area contributed by atoms with Gasteiger partial charge in [-0.25, -0.2) is 0 Å². The Morgan fingerprint density at radius 2 is 1.62 bits per heavy atom. The monoisotopic (exact) mass is 303 g/mol. The fourth-order valence-corrected chi connectivity index (χ4v) is 2.06. The molecule has 0 heterocycles. The molecule has 0 aliphatic carbocycles. The quantitative estimate of drug-likeness (QED) is 0.232. The zero-order chi connectivity index (χ0) is 16.3. The molecular weight excluding hydrogens is 274 g/mol. The summed E-state index contributed by atoms with van der Waals surface area (Å²) < 4.78 is 0. The van der Waals surface area contributed by atoms with E-state index < -0.39 is 31.0 Å². The first-order valence-corrected chi connectivity index (χ1v) is 7.46. The van der Waals surface area contributed by atoms with Gasteiger partial charge in [0.1, 0.15) is 18.3 Å². The summed E-state index contributed by atoms with van der Waals surface area (Å²) in [6, 6.07) is 0. The minimum absolute atomic E-state index is 0.104. The molecule has 0 spiro atoms. The molecule has 0 bridgehead atoms. The minimum Gasteiger partial charge on any atom is -0.394 e. The maximum atomic E-state index is 9.92. The van der Waals surface area contributed by atoms with Gasteiger partial charge in [0, 0.05) is 6.54 Å². The lowest BCUT2D eigenvalue weighted by molar-refractivity contribution is -0.119. The highest BCUT2D eigenvalue weighted by Crippen LogP contribution is 2.08. The van der Waals surface area contributed by atoms with E-state index in [0.717, 1.165) is 25.7 Å². The molecule has 5 N–H and O–H groups in total. The van der Waals surface area contributed by atoms with Crippen molar-refractivity contribution in [1.82, 2.24) is 4.90 Å².